The number of hydrogen-bond donors (Lipinski definition) is 2. The normalized spacial score (nSPS) is 11.6. The van der Waals surface area contributed by atoms with Gasteiger partial charge in [0.25, 0.3) is 0 Å². The van der Waals surface area contributed by atoms with Crippen LogP contribution in [0.3, 0.4) is 0 Å². The third-order valence-corrected chi connectivity index (χ3v) is 3.52. The Morgan fingerprint density at radius 2 is 1.64 bits per heavy atom. The summed E-state index contributed by atoms with van der Waals surface area (Å²) in [5, 5.41) is 0. The minimum atomic E-state index is -3.26. The van der Waals surface area contributed by atoms with Crippen LogP contribution in [-0.4, -0.2) is 14.7 Å². The Morgan fingerprint density at radius 1 is 1.14 bits per heavy atom. The first-order valence-electron chi connectivity index (χ1n) is 4.10. The molecule has 14 heavy (non-hydrogen) atoms. The molecule has 0 saturated carbocycles. The lowest BCUT2D eigenvalue weighted by molar-refractivity contribution is 0.601. The first-order valence-corrected chi connectivity index (χ1v) is 5.99. The van der Waals surface area contributed by atoms with Crippen molar-refractivity contribution in [1.82, 2.24) is 0 Å². The Morgan fingerprint density at radius 3 is 2.07 bits per heavy atom. The second-order valence-corrected chi connectivity index (χ2v) is 5.38. The SMILES string of the molecule is Cc1c(N)cc(S(C)(=O)=O)c(C)c1N. The molecule has 1 rings (SSSR count). The van der Waals surface area contributed by atoms with Crippen molar-refractivity contribution >= 4 is 21.2 Å². The molecule has 0 aliphatic carbocycles. The Balaban J connectivity index is 3.66. The summed E-state index contributed by atoms with van der Waals surface area (Å²) in [4.78, 5) is 0.207. The largest absolute Gasteiger partial charge is 0.398 e. The van der Waals surface area contributed by atoms with Crippen molar-refractivity contribution in [2.24, 2.45) is 0 Å². The van der Waals surface area contributed by atoms with Crippen LogP contribution in [0.5, 0.6) is 0 Å². The summed E-state index contributed by atoms with van der Waals surface area (Å²) < 4.78 is 22.7. The predicted octanol–water partition coefficient (Wildman–Crippen LogP) is 0.871. The van der Waals surface area contributed by atoms with E-state index in [0.29, 0.717) is 16.9 Å². The number of hydrogen-bond acceptors (Lipinski definition) is 4. The fourth-order valence-electron chi connectivity index (χ4n) is 1.31. The summed E-state index contributed by atoms with van der Waals surface area (Å²) in [6.07, 6.45) is 1.14. The maximum absolute atomic E-state index is 11.4. The minimum absolute atomic E-state index is 0.207. The van der Waals surface area contributed by atoms with E-state index in [2.05, 4.69) is 0 Å². The summed E-state index contributed by atoms with van der Waals surface area (Å²) in [6.45, 7) is 3.45. The molecule has 0 atom stereocenters. The second-order valence-electron chi connectivity index (χ2n) is 3.40. The van der Waals surface area contributed by atoms with Gasteiger partial charge < -0.3 is 11.5 Å². The van der Waals surface area contributed by atoms with Crippen LogP contribution in [0.4, 0.5) is 11.4 Å². The molecule has 0 bridgehead atoms. The van der Waals surface area contributed by atoms with Gasteiger partial charge in [0, 0.05) is 17.6 Å². The van der Waals surface area contributed by atoms with Gasteiger partial charge in [0.2, 0.25) is 0 Å². The van der Waals surface area contributed by atoms with Gasteiger partial charge in [-0.15, -0.1) is 0 Å². The summed E-state index contributed by atoms with van der Waals surface area (Å²) in [6, 6.07) is 1.45. The number of nitrogen functional groups attached to an aromatic ring is 2. The molecule has 4 N–H and O–H groups in total. The fraction of sp³-hybridized carbons (Fsp3) is 0.333. The van der Waals surface area contributed by atoms with Crippen LogP contribution in [0.1, 0.15) is 11.1 Å². The average molecular weight is 214 g/mol. The van der Waals surface area contributed by atoms with Crippen LogP contribution in [0.2, 0.25) is 0 Å². The van der Waals surface area contributed by atoms with Crippen LogP contribution in [-0.2, 0) is 9.84 Å². The quantitative estimate of drug-likeness (QED) is 0.679. The molecule has 0 aliphatic heterocycles. The first-order chi connectivity index (χ1) is 6.25. The average Bonchev–Trinajstić information content (AvgIpc) is 2.06. The number of sulfone groups is 1. The highest BCUT2D eigenvalue weighted by molar-refractivity contribution is 7.90. The molecule has 4 nitrogen and oxygen atoms in total. The van der Waals surface area contributed by atoms with Crippen molar-refractivity contribution in [2.45, 2.75) is 18.7 Å². The van der Waals surface area contributed by atoms with E-state index in [1.165, 1.54) is 6.07 Å². The highest BCUT2D eigenvalue weighted by atomic mass is 32.2. The third-order valence-electron chi connectivity index (χ3n) is 2.30. The van der Waals surface area contributed by atoms with Crippen LogP contribution in [0.15, 0.2) is 11.0 Å². The zero-order chi connectivity index (χ0) is 11.1. The molecule has 0 aromatic heterocycles. The van der Waals surface area contributed by atoms with E-state index in [1.807, 2.05) is 0 Å². The van der Waals surface area contributed by atoms with Crippen molar-refractivity contribution in [3.63, 3.8) is 0 Å². The zero-order valence-electron chi connectivity index (χ0n) is 8.46. The molecule has 5 heteroatoms. The van der Waals surface area contributed by atoms with Gasteiger partial charge in [-0.25, -0.2) is 8.42 Å². The van der Waals surface area contributed by atoms with Crippen molar-refractivity contribution in [2.75, 3.05) is 17.7 Å². The third kappa shape index (κ3) is 1.68. The van der Waals surface area contributed by atoms with E-state index in [1.54, 1.807) is 13.8 Å². The second kappa shape index (κ2) is 3.16. The summed E-state index contributed by atoms with van der Waals surface area (Å²) >= 11 is 0. The number of anilines is 2. The van der Waals surface area contributed by atoms with Gasteiger partial charge in [0.05, 0.1) is 4.90 Å². The van der Waals surface area contributed by atoms with E-state index in [-0.39, 0.29) is 4.90 Å². The molecule has 0 spiro atoms. The lowest BCUT2D eigenvalue weighted by Gasteiger charge is -2.11. The van der Waals surface area contributed by atoms with E-state index in [0.717, 1.165) is 11.8 Å². The van der Waals surface area contributed by atoms with Crippen molar-refractivity contribution < 1.29 is 8.42 Å². The Kier molecular flexibility index (Phi) is 2.45. The van der Waals surface area contributed by atoms with Gasteiger partial charge >= 0.3 is 0 Å². The fourth-order valence-corrected chi connectivity index (χ4v) is 2.32. The Labute approximate surface area is 83.8 Å². The molecule has 0 saturated heterocycles. The van der Waals surface area contributed by atoms with Crippen LogP contribution >= 0.6 is 0 Å². The van der Waals surface area contributed by atoms with Gasteiger partial charge in [-0.3, -0.25) is 0 Å². The topological polar surface area (TPSA) is 86.2 Å². The van der Waals surface area contributed by atoms with Gasteiger partial charge in [-0.05, 0) is 31.0 Å². The molecule has 0 fully saturated rings. The first kappa shape index (κ1) is 10.8. The predicted molar refractivity (Wildman–Crippen MR) is 57.9 cm³/mol. The Hall–Kier alpha value is -1.23. The molecule has 1 aromatic carbocycles. The van der Waals surface area contributed by atoms with Gasteiger partial charge in [-0.2, -0.15) is 0 Å². The summed E-state index contributed by atoms with van der Waals surface area (Å²) in [5.74, 6) is 0. The van der Waals surface area contributed by atoms with E-state index >= 15 is 0 Å². The highest BCUT2D eigenvalue weighted by Gasteiger charge is 2.15. The number of rotatable bonds is 1. The smallest absolute Gasteiger partial charge is 0.175 e. The van der Waals surface area contributed by atoms with E-state index < -0.39 is 9.84 Å². The monoisotopic (exact) mass is 214 g/mol. The summed E-state index contributed by atoms with van der Waals surface area (Å²) in [5.41, 5.74) is 13.5. The van der Waals surface area contributed by atoms with E-state index in [4.69, 9.17) is 11.5 Å². The molecule has 78 valence electrons. The maximum atomic E-state index is 11.4. The lowest BCUT2D eigenvalue weighted by Crippen LogP contribution is -2.07. The van der Waals surface area contributed by atoms with Gasteiger partial charge in [0.15, 0.2) is 9.84 Å². The van der Waals surface area contributed by atoms with Crippen molar-refractivity contribution in [3.05, 3.63) is 17.2 Å². The van der Waals surface area contributed by atoms with Crippen molar-refractivity contribution in [1.29, 1.82) is 0 Å². The highest BCUT2D eigenvalue weighted by Crippen LogP contribution is 2.28. The van der Waals surface area contributed by atoms with Crippen molar-refractivity contribution in [3.8, 4) is 0 Å². The zero-order valence-corrected chi connectivity index (χ0v) is 9.27. The molecule has 0 amide bonds. The molecule has 0 radical (unpaired) electrons. The van der Waals surface area contributed by atoms with E-state index in [9.17, 15) is 8.42 Å². The number of nitrogens with two attached hydrogens (primary N) is 2. The van der Waals surface area contributed by atoms with Gasteiger partial charge in [0.1, 0.15) is 0 Å². The van der Waals surface area contributed by atoms with Gasteiger partial charge in [-0.1, -0.05) is 0 Å². The van der Waals surface area contributed by atoms with Crippen LogP contribution < -0.4 is 11.5 Å². The maximum Gasteiger partial charge on any atom is 0.175 e. The van der Waals surface area contributed by atoms with Crippen LogP contribution in [0.25, 0.3) is 0 Å². The molecular formula is C9H14N2O2S. The van der Waals surface area contributed by atoms with Crippen LogP contribution in [0, 0.1) is 13.8 Å². The standard InChI is InChI=1S/C9H14N2O2S/c1-5-7(10)4-8(14(3,12)13)6(2)9(5)11/h4H,10-11H2,1-3H3. The molecule has 0 aliphatic rings. The molecular weight excluding hydrogens is 200 g/mol. The minimum Gasteiger partial charge on any atom is -0.398 e. The molecule has 1 aromatic rings. The molecule has 0 heterocycles. The lowest BCUT2D eigenvalue weighted by atomic mass is 10.1. The number of benzene rings is 1. The Bertz CT molecular complexity index is 478. The molecule has 0 unspecified atom stereocenters. The summed E-state index contributed by atoms with van der Waals surface area (Å²) in [7, 11) is -3.26.